The number of para-hydroxylation sites is 1. The number of carbonyl (C=O) groups excluding carboxylic acids is 2. The molecule has 7 heteroatoms. The number of carbonyl (C=O) groups is 2. The van der Waals surface area contributed by atoms with Gasteiger partial charge < -0.3 is 4.90 Å². The maximum Gasteiger partial charge on any atom is 0.288 e. The third-order valence-corrected chi connectivity index (χ3v) is 6.70. The molecule has 0 radical (unpaired) electrons. The highest BCUT2D eigenvalue weighted by atomic mass is 32.2. The van der Waals surface area contributed by atoms with Crippen LogP contribution in [-0.2, 0) is 4.79 Å². The third kappa shape index (κ3) is 3.99. The van der Waals surface area contributed by atoms with Crippen molar-refractivity contribution in [3.8, 4) is 0 Å². The third-order valence-electron chi connectivity index (χ3n) is 4.74. The minimum absolute atomic E-state index is 0.0462. The highest BCUT2D eigenvalue weighted by molar-refractivity contribution is 8.14. The lowest BCUT2D eigenvalue weighted by molar-refractivity contribution is -0.124. The zero-order valence-electron chi connectivity index (χ0n) is 15.0. The fourth-order valence-electron chi connectivity index (χ4n) is 3.38. The first-order chi connectivity index (χ1) is 13.2. The van der Waals surface area contributed by atoms with Crippen molar-refractivity contribution in [3.63, 3.8) is 0 Å². The van der Waals surface area contributed by atoms with E-state index in [0.717, 1.165) is 49.8 Å². The Morgan fingerprint density at radius 3 is 2.41 bits per heavy atom. The number of fused-ring (bicyclic) bond motifs is 2. The van der Waals surface area contributed by atoms with Gasteiger partial charge in [-0.3, -0.25) is 14.5 Å². The summed E-state index contributed by atoms with van der Waals surface area (Å²) in [5.74, 6) is 1.29. The standard InChI is InChI=1S/C20H21N3O2S2/c24-18-14-26-20(25)23(18)13-6-2-1-5-12-22-15-8-3-4-9-16(15)27-17-10-7-11-21-19(17)22/h3-4,7-11H,1-2,5-6,12-14H2. The van der Waals surface area contributed by atoms with E-state index >= 15 is 0 Å². The molecule has 140 valence electrons. The van der Waals surface area contributed by atoms with Crippen molar-refractivity contribution in [2.24, 2.45) is 0 Å². The Balaban J connectivity index is 1.31. The number of pyridine rings is 1. The molecule has 2 aliphatic rings. The van der Waals surface area contributed by atoms with Gasteiger partial charge in [-0.15, -0.1) is 0 Å². The Kier molecular flexibility index (Phi) is 5.69. The van der Waals surface area contributed by atoms with E-state index in [-0.39, 0.29) is 11.1 Å². The number of imide groups is 1. The van der Waals surface area contributed by atoms with E-state index in [0.29, 0.717) is 12.3 Å². The first kappa shape index (κ1) is 18.4. The maximum absolute atomic E-state index is 11.6. The number of hydrogen-bond acceptors (Lipinski definition) is 6. The van der Waals surface area contributed by atoms with Gasteiger partial charge in [-0.1, -0.05) is 48.5 Å². The molecule has 3 heterocycles. The smallest absolute Gasteiger partial charge is 0.288 e. The second-order valence-corrected chi connectivity index (χ2v) is 8.57. The molecule has 1 aromatic heterocycles. The molecule has 2 aliphatic heterocycles. The number of thioether (sulfide) groups is 1. The van der Waals surface area contributed by atoms with Crippen LogP contribution in [0.2, 0.25) is 0 Å². The van der Waals surface area contributed by atoms with Gasteiger partial charge in [-0.05, 0) is 37.1 Å². The molecular formula is C20H21N3O2S2. The number of hydrogen-bond donors (Lipinski definition) is 0. The molecule has 1 fully saturated rings. The van der Waals surface area contributed by atoms with E-state index in [1.165, 1.54) is 20.4 Å². The molecule has 0 bridgehead atoms. The molecule has 27 heavy (non-hydrogen) atoms. The van der Waals surface area contributed by atoms with Crippen LogP contribution in [0.15, 0.2) is 52.4 Å². The summed E-state index contributed by atoms with van der Waals surface area (Å²) >= 11 is 2.88. The van der Waals surface area contributed by atoms with Crippen LogP contribution in [0.1, 0.15) is 25.7 Å². The van der Waals surface area contributed by atoms with Gasteiger partial charge in [0.05, 0.1) is 16.3 Å². The Labute approximate surface area is 167 Å². The molecule has 0 atom stereocenters. The van der Waals surface area contributed by atoms with Crippen molar-refractivity contribution in [2.45, 2.75) is 35.5 Å². The molecule has 5 nitrogen and oxygen atoms in total. The van der Waals surface area contributed by atoms with Crippen LogP contribution in [0.25, 0.3) is 0 Å². The summed E-state index contributed by atoms with van der Waals surface area (Å²) in [6.07, 6.45) is 5.85. The van der Waals surface area contributed by atoms with Crippen LogP contribution in [-0.4, -0.2) is 39.9 Å². The molecular weight excluding hydrogens is 378 g/mol. The quantitative estimate of drug-likeness (QED) is 0.615. The largest absolute Gasteiger partial charge is 0.324 e. The molecule has 2 amide bonds. The molecule has 1 saturated heterocycles. The number of rotatable bonds is 7. The van der Waals surface area contributed by atoms with E-state index in [1.54, 1.807) is 11.8 Å². The monoisotopic (exact) mass is 399 g/mol. The topological polar surface area (TPSA) is 53.5 Å². The molecule has 0 aliphatic carbocycles. The van der Waals surface area contributed by atoms with E-state index in [9.17, 15) is 9.59 Å². The second-order valence-electron chi connectivity index (χ2n) is 6.56. The lowest BCUT2D eigenvalue weighted by Gasteiger charge is -2.31. The average molecular weight is 400 g/mol. The van der Waals surface area contributed by atoms with Gasteiger partial charge in [0.15, 0.2) is 0 Å². The first-order valence-corrected chi connectivity index (χ1v) is 11.0. The second kappa shape index (κ2) is 8.35. The summed E-state index contributed by atoms with van der Waals surface area (Å²) in [7, 11) is 0. The molecule has 2 aromatic rings. The van der Waals surface area contributed by atoms with Gasteiger partial charge >= 0.3 is 0 Å². The lowest BCUT2D eigenvalue weighted by Crippen LogP contribution is -2.29. The number of amides is 2. The average Bonchev–Trinajstić information content (AvgIpc) is 3.01. The first-order valence-electron chi connectivity index (χ1n) is 9.20. The van der Waals surface area contributed by atoms with E-state index < -0.39 is 0 Å². The van der Waals surface area contributed by atoms with Crippen molar-refractivity contribution < 1.29 is 9.59 Å². The number of nitrogens with zero attached hydrogens (tertiary/aromatic N) is 3. The van der Waals surface area contributed by atoms with Gasteiger partial charge in [0.25, 0.3) is 5.24 Å². The van der Waals surface area contributed by atoms with Crippen molar-refractivity contribution >= 4 is 46.2 Å². The molecule has 4 rings (SSSR count). The number of unbranched alkanes of at least 4 members (excludes halogenated alkanes) is 3. The molecule has 0 unspecified atom stereocenters. The minimum Gasteiger partial charge on any atom is -0.324 e. The number of benzene rings is 1. The van der Waals surface area contributed by atoms with E-state index in [4.69, 9.17) is 0 Å². The predicted octanol–water partition coefficient (Wildman–Crippen LogP) is 4.94. The van der Waals surface area contributed by atoms with Crippen LogP contribution >= 0.6 is 23.5 Å². The Morgan fingerprint density at radius 2 is 1.63 bits per heavy atom. The summed E-state index contributed by atoms with van der Waals surface area (Å²) in [6, 6.07) is 12.6. The summed E-state index contributed by atoms with van der Waals surface area (Å²) in [5, 5.41) is -0.0925. The highest BCUT2D eigenvalue weighted by Crippen LogP contribution is 2.46. The predicted molar refractivity (Wildman–Crippen MR) is 110 cm³/mol. The van der Waals surface area contributed by atoms with Crippen LogP contribution in [0.3, 0.4) is 0 Å². The van der Waals surface area contributed by atoms with E-state index in [1.807, 2.05) is 12.3 Å². The fraction of sp³-hybridized carbons (Fsp3) is 0.350. The van der Waals surface area contributed by atoms with Gasteiger partial charge in [0, 0.05) is 24.2 Å². The molecule has 0 saturated carbocycles. The fourth-order valence-corrected chi connectivity index (χ4v) is 5.20. The van der Waals surface area contributed by atoms with Crippen molar-refractivity contribution in [2.75, 3.05) is 23.7 Å². The molecule has 0 N–H and O–H groups in total. The van der Waals surface area contributed by atoms with Gasteiger partial charge in [-0.25, -0.2) is 4.98 Å². The number of anilines is 2. The van der Waals surface area contributed by atoms with Crippen LogP contribution in [0.5, 0.6) is 0 Å². The summed E-state index contributed by atoms with van der Waals surface area (Å²) in [5.41, 5.74) is 1.22. The Bertz CT molecular complexity index is 797. The normalized spacial score (nSPS) is 15.9. The van der Waals surface area contributed by atoms with Crippen LogP contribution in [0.4, 0.5) is 16.3 Å². The number of aromatic nitrogens is 1. The van der Waals surface area contributed by atoms with Crippen molar-refractivity contribution in [3.05, 3.63) is 42.6 Å². The van der Waals surface area contributed by atoms with Crippen molar-refractivity contribution in [1.29, 1.82) is 0 Å². The minimum atomic E-state index is -0.0925. The zero-order chi connectivity index (χ0) is 18.6. The van der Waals surface area contributed by atoms with Gasteiger partial charge in [0.2, 0.25) is 5.91 Å². The van der Waals surface area contributed by atoms with Crippen LogP contribution < -0.4 is 4.90 Å². The SMILES string of the molecule is O=C1CSC(=O)N1CCCCCCN1c2ccccc2Sc2cccnc21. The Morgan fingerprint density at radius 1 is 0.889 bits per heavy atom. The molecule has 1 aromatic carbocycles. The zero-order valence-corrected chi connectivity index (χ0v) is 16.6. The summed E-state index contributed by atoms with van der Waals surface area (Å²) < 4.78 is 0. The highest BCUT2D eigenvalue weighted by Gasteiger charge is 2.29. The maximum atomic E-state index is 11.6. The van der Waals surface area contributed by atoms with Crippen LogP contribution in [0, 0.1) is 0 Å². The Hall–Kier alpha value is -1.99. The van der Waals surface area contributed by atoms with Crippen molar-refractivity contribution in [1.82, 2.24) is 9.88 Å². The van der Waals surface area contributed by atoms with Gasteiger partial charge in [-0.2, -0.15) is 0 Å². The lowest BCUT2D eigenvalue weighted by atomic mass is 10.1. The summed E-state index contributed by atoms with van der Waals surface area (Å²) in [4.78, 5) is 34.0. The van der Waals surface area contributed by atoms with E-state index in [2.05, 4.69) is 40.2 Å². The molecule has 0 spiro atoms. The summed E-state index contributed by atoms with van der Waals surface area (Å²) in [6.45, 7) is 1.47. The van der Waals surface area contributed by atoms with Gasteiger partial charge in [0.1, 0.15) is 5.82 Å².